The van der Waals surface area contributed by atoms with E-state index in [4.69, 9.17) is 4.74 Å². The van der Waals surface area contributed by atoms with Gasteiger partial charge in [-0.25, -0.2) is 12.7 Å². The summed E-state index contributed by atoms with van der Waals surface area (Å²) in [6.45, 7) is 0.238. The molecule has 1 amide bonds. The van der Waals surface area contributed by atoms with Gasteiger partial charge in [-0.05, 0) is 48.1 Å². The zero-order valence-electron chi connectivity index (χ0n) is 16.2. The van der Waals surface area contributed by atoms with Crippen LogP contribution in [-0.4, -0.2) is 38.5 Å². The predicted molar refractivity (Wildman–Crippen MR) is 109 cm³/mol. The van der Waals surface area contributed by atoms with Gasteiger partial charge in [0.2, 0.25) is 10.0 Å². The molecule has 7 heteroatoms. The maximum absolute atomic E-state index is 12.3. The summed E-state index contributed by atoms with van der Waals surface area (Å²) in [5.41, 5.74) is 3.35. The van der Waals surface area contributed by atoms with Gasteiger partial charge in [-0.3, -0.25) is 4.79 Å². The van der Waals surface area contributed by atoms with Crippen LogP contribution in [-0.2, 0) is 27.8 Å². The zero-order chi connectivity index (χ0) is 20.1. The lowest BCUT2D eigenvalue weighted by atomic mass is 9.88. The summed E-state index contributed by atoms with van der Waals surface area (Å²) in [7, 11) is -1.68. The molecule has 0 saturated heterocycles. The van der Waals surface area contributed by atoms with Crippen LogP contribution in [0.5, 0.6) is 5.75 Å². The number of aryl methyl sites for hydroxylation is 1. The molecule has 1 unspecified atom stereocenters. The molecule has 2 aromatic carbocycles. The number of ether oxygens (including phenoxy) is 1. The molecule has 2 aromatic rings. The number of hydrogen-bond donors (Lipinski definition) is 1. The van der Waals surface area contributed by atoms with E-state index in [9.17, 15) is 13.2 Å². The van der Waals surface area contributed by atoms with Crippen molar-refractivity contribution in [2.75, 3.05) is 19.9 Å². The van der Waals surface area contributed by atoms with Gasteiger partial charge in [-0.15, -0.1) is 0 Å². The Kier molecular flexibility index (Phi) is 6.36. The molecule has 0 fully saturated rings. The van der Waals surface area contributed by atoms with Crippen molar-refractivity contribution in [3.05, 3.63) is 65.2 Å². The van der Waals surface area contributed by atoms with Gasteiger partial charge in [0, 0.05) is 13.6 Å². The third-order valence-corrected chi connectivity index (χ3v) is 6.23. The van der Waals surface area contributed by atoms with E-state index >= 15 is 0 Å². The van der Waals surface area contributed by atoms with Crippen molar-refractivity contribution in [1.29, 1.82) is 0 Å². The summed E-state index contributed by atoms with van der Waals surface area (Å²) in [5, 5.41) is 3.06. The van der Waals surface area contributed by atoms with Crippen molar-refractivity contribution >= 4 is 15.9 Å². The van der Waals surface area contributed by atoms with Crippen LogP contribution in [0.3, 0.4) is 0 Å². The molecule has 0 aromatic heterocycles. The second-order valence-corrected chi connectivity index (χ2v) is 9.25. The van der Waals surface area contributed by atoms with Crippen LogP contribution in [0, 0.1) is 0 Å². The third-order valence-electron chi connectivity index (χ3n) is 4.97. The summed E-state index contributed by atoms with van der Waals surface area (Å²) < 4.78 is 29.8. The monoisotopic (exact) mass is 402 g/mol. The van der Waals surface area contributed by atoms with E-state index in [1.165, 1.54) is 28.7 Å². The molecule has 1 aliphatic carbocycles. The van der Waals surface area contributed by atoms with Crippen molar-refractivity contribution in [1.82, 2.24) is 9.62 Å². The highest BCUT2D eigenvalue weighted by atomic mass is 32.2. The van der Waals surface area contributed by atoms with E-state index in [2.05, 4.69) is 17.4 Å². The second-order valence-electron chi connectivity index (χ2n) is 7.16. The lowest BCUT2D eigenvalue weighted by Crippen LogP contribution is -2.34. The highest BCUT2D eigenvalue weighted by Gasteiger charge is 2.21. The number of fused-ring (bicyclic) bond motifs is 1. The number of rotatable bonds is 7. The molecule has 0 saturated carbocycles. The van der Waals surface area contributed by atoms with E-state index in [0.29, 0.717) is 12.3 Å². The molecule has 1 atom stereocenters. The summed E-state index contributed by atoms with van der Waals surface area (Å²) >= 11 is 0. The molecule has 0 aliphatic heterocycles. The van der Waals surface area contributed by atoms with E-state index in [1.54, 1.807) is 24.3 Å². The fraction of sp³-hybridized carbons (Fsp3) is 0.381. The number of hydrogen-bond acceptors (Lipinski definition) is 4. The minimum atomic E-state index is -3.22. The highest BCUT2D eigenvalue weighted by molar-refractivity contribution is 7.88. The molecule has 150 valence electrons. The number of carbonyl (C=O) groups is 1. The van der Waals surface area contributed by atoms with Gasteiger partial charge in [-0.1, -0.05) is 36.4 Å². The average molecular weight is 403 g/mol. The van der Waals surface area contributed by atoms with E-state index < -0.39 is 10.0 Å². The number of nitrogens with one attached hydrogen (secondary N) is 1. The molecule has 3 rings (SSSR count). The number of amides is 1. The Hall–Kier alpha value is -2.38. The number of carbonyl (C=O) groups excluding carboxylic acids is 1. The first-order chi connectivity index (χ1) is 13.3. The van der Waals surface area contributed by atoms with Crippen LogP contribution >= 0.6 is 0 Å². The molecule has 1 aliphatic rings. The molecular weight excluding hydrogens is 376 g/mol. The topological polar surface area (TPSA) is 75.7 Å². The third kappa shape index (κ3) is 5.33. The van der Waals surface area contributed by atoms with Crippen molar-refractivity contribution < 1.29 is 17.9 Å². The quantitative estimate of drug-likeness (QED) is 0.773. The SMILES string of the molecule is CN(Cc1ccc(OCC(=O)NC2CCCc3ccccc32)cc1)S(C)(=O)=O. The average Bonchev–Trinajstić information content (AvgIpc) is 2.67. The maximum atomic E-state index is 12.3. The lowest BCUT2D eigenvalue weighted by molar-refractivity contribution is -0.123. The first-order valence-electron chi connectivity index (χ1n) is 9.33. The molecule has 6 nitrogen and oxygen atoms in total. The normalized spacial score (nSPS) is 16.5. The standard InChI is InChI=1S/C21H26N2O4S/c1-23(28(2,25)26)14-16-10-12-18(13-11-16)27-15-21(24)22-20-9-5-7-17-6-3-4-8-19(17)20/h3-4,6,8,10-13,20H,5,7,9,14-15H2,1-2H3,(H,22,24). The highest BCUT2D eigenvalue weighted by Crippen LogP contribution is 2.29. The number of sulfonamides is 1. The fourth-order valence-electron chi connectivity index (χ4n) is 3.35. The molecule has 28 heavy (non-hydrogen) atoms. The van der Waals surface area contributed by atoms with E-state index in [-0.39, 0.29) is 18.6 Å². The second kappa shape index (κ2) is 8.75. The van der Waals surface area contributed by atoms with E-state index in [0.717, 1.165) is 24.8 Å². The summed E-state index contributed by atoms with van der Waals surface area (Å²) in [4.78, 5) is 12.3. The van der Waals surface area contributed by atoms with Crippen LogP contribution in [0.15, 0.2) is 48.5 Å². The molecule has 0 heterocycles. The minimum Gasteiger partial charge on any atom is -0.484 e. The van der Waals surface area contributed by atoms with Crippen molar-refractivity contribution in [3.63, 3.8) is 0 Å². The van der Waals surface area contributed by atoms with Crippen LogP contribution in [0.25, 0.3) is 0 Å². The molecule has 0 bridgehead atoms. The van der Waals surface area contributed by atoms with Gasteiger partial charge in [0.15, 0.2) is 6.61 Å². The molecule has 0 spiro atoms. The van der Waals surface area contributed by atoms with Crippen molar-refractivity contribution in [2.45, 2.75) is 31.8 Å². The summed E-state index contributed by atoms with van der Waals surface area (Å²) in [5.74, 6) is 0.424. The van der Waals surface area contributed by atoms with Gasteiger partial charge in [0.25, 0.3) is 5.91 Å². The Labute approximate surface area is 166 Å². The lowest BCUT2D eigenvalue weighted by Gasteiger charge is -2.26. The van der Waals surface area contributed by atoms with Gasteiger partial charge in [0.05, 0.1) is 12.3 Å². The van der Waals surface area contributed by atoms with E-state index in [1.807, 2.05) is 12.1 Å². The molecule has 1 N–H and O–H groups in total. The number of benzene rings is 2. The Morgan fingerprint density at radius 3 is 2.61 bits per heavy atom. The van der Waals surface area contributed by atoms with Crippen LogP contribution in [0.2, 0.25) is 0 Å². The Balaban J connectivity index is 1.51. The van der Waals surface area contributed by atoms with Gasteiger partial charge < -0.3 is 10.1 Å². The first kappa shape index (κ1) is 20.4. The zero-order valence-corrected chi connectivity index (χ0v) is 17.0. The summed E-state index contributed by atoms with van der Waals surface area (Å²) in [6.07, 6.45) is 4.23. The van der Waals surface area contributed by atoms with Crippen LogP contribution in [0.4, 0.5) is 0 Å². The summed E-state index contributed by atoms with van der Waals surface area (Å²) in [6, 6.07) is 15.3. The molecule has 0 radical (unpaired) electrons. The smallest absolute Gasteiger partial charge is 0.258 e. The van der Waals surface area contributed by atoms with Gasteiger partial charge in [0.1, 0.15) is 5.75 Å². The fourth-order valence-corrected chi connectivity index (χ4v) is 3.74. The largest absolute Gasteiger partial charge is 0.484 e. The predicted octanol–water partition coefficient (Wildman–Crippen LogP) is 2.65. The van der Waals surface area contributed by atoms with Gasteiger partial charge >= 0.3 is 0 Å². The molecular formula is C21H26N2O4S. The van der Waals surface area contributed by atoms with Crippen LogP contribution < -0.4 is 10.1 Å². The Bertz CT molecular complexity index is 926. The first-order valence-corrected chi connectivity index (χ1v) is 11.2. The Morgan fingerprint density at radius 1 is 1.18 bits per heavy atom. The van der Waals surface area contributed by atoms with Crippen molar-refractivity contribution in [2.24, 2.45) is 0 Å². The Morgan fingerprint density at radius 2 is 1.89 bits per heavy atom. The maximum Gasteiger partial charge on any atom is 0.258 e. The van der Waals surface area contributed by atoms with Gasteiger partial charge in [-0.2, -0.15) is 0 Å². The van der Waals surface area contributed by atoms with Crippen molar-refractivity contribution in [3.8, 4) is 5.75 Å². The number of nitrogens with zero attached hydrogens (tertiary/aromatic N) is 1. The minimum absolute atomic E-state index is 0.0370. The van der Waals surface area contributed by atoms with Crippen LogP contribution in [0.1, 0.15) is 35.6 Å².